The van der Waals surface area contributed by atoms with E-state index in [9.17, 15) is 9.59 Å². The molecule has 0 atom stereocenters. The first-order chi connectivity index (χ1) is 8.06. The van der Waals surface area contributed by atoms with E-state index < -0.39 is 11.7 Å². The number of carbonyl (C=O) groups is 2. The summed E-state index contributed by atoms with van der Waals surface area (Å²) in [4.78, 5) is 22.2. The second-order valence-electron chi connectivity index (χ2n) is 3.60. The SMILES string of the molecule is CCO.CCOC(=O)C(O)=CC(=O)C1CCC1. The van der Waals surface area contributed by atoms with Gasteiger partial charge in [0.25, 0.3) is 0 Å². The highest BCUT2D eigenvalue weighted by Crippen LogP contribution is 2.27. The molecule has 0 heterocycles. The summed E-state index contributed by atoms with van der Waals surface area (Å²) in [6.07, 6.45) is 3.73. The minimum Gasteiger partial charge on any atom is -0.502 e. The maximum absolute atomic E-state index is 11.3. The van der Waals surface area contributed by atoms with Gasteiger partial charge in [-0.1, -0.05) is 6.42 Å². The molecule has 1 rings (SSSR count). The van der Waals surface area contributed by atoms with Crippen LogP contribution >= 0.6 is 0 Å². The third-order valence-corrected chi connectivity index (χ3v) is 2.27. The van der Waals surface area contributed by atoms with E-state index in [-0.39, 0.29) is 24.9 Å². The van der Waals surface area contributed by atoms with Crippen LogP contribution in [0.1, 0.15) is 33.1 Å². The van der Waals surface area contributed by atoms with Crippen LogP contribution in [0, 0.1) is 5.92 Å². The minimum absolute atomic E-state index is 0.00780. The Kier molecular flexibility index (Phi) is 8.05. The molecule has 2 N–H and O–H groups in total. The Balaban J connectivity index is 0.000000770. The molecule has 98 valence electrons. The van der Waals surface area contributed by atoms with Gasteiger partial charge in [-0.3, -0.25) is 4.79 Å². The summed E-state index contributed by atoms with van der Waals surface area (Å²) in [5.41, 5.74) is 0. The molecule has 5 nitrogen and oxygen atoms in total. The second kappa shape index (κ2) is 8.75. The molecule has 0 aromatic heterocycles. The van der Waals surface area contributed by atoms with Crippen molar-refractivity contribution in [3.63, 3.8) is 0 Å². The van der Waals surface area contributed by atoms with Gasteiger partial charge in [-0.15, -0.1) is 0 Å². The first-order valence-corrected chi connectivity index (χ1v) is 5.79. The lowest BCUT2D eigenvalue weighted by Gasteiger charge is -2.22. The maximum atomic E-state index is 11.3. The van der Waals surface area contributed by atoms with Crippen LogP contribution in [-0.2, 0) is 14.3 Å². The molecule has 17 heavy (non-hydrogen) atoms. The molecule has 0 aliphatic heterocycles. The molecule has 0 saturated heterocycles. The Morgan fingerprint density at radius 2 is 1.88 bits per heavy atom. The van der Waals surface area contributed by atoms with Gasteiger partial charge in [0.2, 0.25) is 5.76 Å². The number of ether oxygens (including phenoxy) is 1. The van der Waals surface area contributed by atoms with Gasteiger partial charge in [0, 0.05) is 18.6 Å². The molecule has 1 saturated carbocycles. The van der Waals surface area contributed by atoms with Crippen LogP contribution in [0.2, 0.25) is 0 Å². The highest BCUT2D eigenvalue weighted by atomic mass is 16.5. The van der Waals surface area contributed by atoms with Crippen molar-refractivity contribution < 1.29 is 24.5 Å². The second-order valence-corrected chi connectivity index (χ2v) is 3.60. The van der Waals surface area contributed by atoms with Gasteiger partial charge in [-0.05, 0) is 26.7 Å². The van der Waals surface area contributed by atoms with Gasteiger partial charge in [0.1, 0.15) is 0 Å². The zero-order chi connectivity index (χ0) is 13.3. The number of hydrogen-bond acceptors (Lipinski definition) is 5. The van der Waals surface area contributed by atoms with Crippen LogP contribution in [0.25, 0.3) is 0 Å². The van der Waals surface area contributed by atoms with Crippen molar-refractivity contribution in [3.8, 4) is 0 Å². The average molecular weight is 244 g/mol. The summed E-state index contributed by atoms with van der Waals surface area (Å²) in [5, 5.41) is 16.7. The van der Waals surface area contributed by atoms with Crippen LogP contribution in [0.5, 0.6) is 0 Å². The fourth-order valence-corrected chi connectivity index (χ4v) is 1.21. The Morgan fingerprint density at radius 1 is 1.35 bits per heavy atom. The Hall–Kier alpha value is -1.36. The van der Waals surface area contributed by atoms with Gasteiger partial charge in [-0.25, -0.2) is 4.79 Å². The summed E-state index contributed by atoms with van der Waals surface area (Å²) in [5.74, 6) is -1.61. The first-order valence-electron chi connectivity index (χ1n) is 5.79. The van der Waals surface area contributed by atoms with E-state index in [1.165, 1.54) is 0 Å². The summed E-state index contributed by atoms with van der Waals surface area (Å²) >= 11 is 0. The van der Waals surface area contributed by atoms with Gasteiger partial charge in [-0.2, -0.15) is 0 Å². The Morgan fingerprint density at radius 3 is 2.24 bits per heavy atom. The molecular formula is C12H20O5. The number of aliphatic hydroxyl groups excluding tert-OH is 2. The lowest BCUT2D eigenvalue weighted by atomic mass is 9.82. The minimum atomic E-state index is -0.833. The quantitative estimate of drug-likeness (QED) is 0.443. The van der Waals surface area contributed by atoms with Crippen LogP contribution in [0.15, 0.2) is 11.8 Å². The van der Waals surface area contributed by atoms with Gasteiger partial charge in [0.05, 0.1) is 6.61 Å². The highest BCUT2D eigenvalue weighted by molar-refractivity contribution is 5.99. The van der Waals surface area contributed by atoms with Crippen LogP contribution in [-0.4, -0.2) is 35.2 Å². The summed E-state index contributed by atoms with van der Waals surface area (Å²) in [7, 11) is 0. The number of carbonyl (C=O) groups excluding carboxylic acids is 2. The Bertz CT molecular complexity index is 279. The number of esters is 1. The molecular weight excluding hydrogens is 224 g/mol. The average Bonchev–Trinajstić information content (AvgIpc) is 2.16. The van der Waals surface area contributed by atoms with E-state index in [0.717, 1.165) is 25.3 Å². The van der Waals surface area contributed by atoms with Crippen molar-refractivity contribution in [2.45, 2.75) is 33.1 Å². The van der Waals surface area contributed by atoms with E-state index in [0.29, 0.717) is 0 Å². The van der Waals surface area contributed by atoms with Crippen molar-refractivity contribution >= 4 is 11.8 Å². The molecule has 0 amide bonds. The van der Waals surface area contributed by atoms with E-state index in [1.54, 1.807) is 13.8 Å². The number of allylic oxidation sites excluding steroid dienone is 1. The van der Waals surface area contributed by atoms with Crippen molar-refractivity contribution in [2.24, 2.45) is 5.92 Å². The molecule has 1 fully saturated rings. The highest BCUT2D eigenvalue weighted by Gasteiger charge is 2.24. The van der Waals surface area contributed by atoms with Crippen LogP contribution in [0.4, 0.5) is 0 Å². The number of aliphatic hydroxyl groups is 2. The fourth-order valence-electron chi connectivity index (χ4n) is 1.21. The predicted molar refractivity (Wildman–Crippen MR) is 62.5 cm³/mol. The first kappa shape index (κ1) is 15.6. The molecule has 0 bridgehead atoms. The molecule has 0 radical (unpaired) electrons. The fraction of sp³-hybridized carbons (Fsp3) is 0.667. The number of hydrogen-bond donors (Lipinski definition) is 2. The van der Waals surface area contributed by atoms with Crippen molar-refractivity contribution in [3.05, 3.63) is 11.8 Å². The van der Waals surface area contributed by atoms with Gasteiger partial charge in [0.15, 0.2) is 5.78 Å². The van der Waals surface area contributed by atoms with Crippen LogP contribution in [0.3, 0.4) is 0 Å². The molecule has 0 aromatic carbocycles. The van der Waals surface area contributed by atoms with Crippen LogP contribution < -0.4 is 0 Å². The lowest BCUT2D eigenvalue weighted by molar-refractivity contribution is -0.141. The standard InChI is InChI=1S/C10H14O4.C2H6O/c1-2-14-10(13)9(12)6-8(11)7-4-3-5-7;1-2-3/h6-7,12H,2-5H2,1H3;3H,2H2,1H3. The lowest BCUT2D eigenvalue weighted by Crippen LogP contribution is -2.21. The summed E-state index contributed by atoms with van der Waals surface area (Å²) in [6, 6.07) is 0. The number of ketones is 1. The van der Waals surface area contributed by atoms with Gasteiger partial charge >= 0.3 is 5.97 Å². The smallest absolute Gasteiger partial charge is 0.373 e. The van der Waals surface area contributed by atoms with E-state index in [1.807, 2.05) is 0 Å². The predicted octanol–water partition coefficient (Wildman–Crippen LogP) is 1.36. The molecule has 1 aliphatic rings. The number of rotatable bonds is 4. The zero-order valence-electron chi connectivity index (χ0n) is 10.3. The Labute approximate surface area is 101 Å². The van der Waals surface area contributed by atoms with Crippen molar-refractivity contribution in [2.75, 3.05) is 13.2 Å². The summed E-state index contributed by atoms with van der Waals surface area (Å²) in [6.45, 7) is 3.76. The molecule has 1 aliphatic carbocycles. The molecule has 0 spiro atoms. The van der Waals surface area contributed by atoms with Gasteiger partial charge < -0.3 is 14.9 Å². The van der Waals surface area contributed by atoms with E-state index in [2.05, 4.69) is 4.74 Å². The molecule has 0 aromatic rings. The van der Waals surface area contributed by atoms with E-state index in [4.69, 9.17) is 10.2 Å². The zero-order valence-corrected chi connectivity index (χ0v) is 10.3. The van der Waals surface area contributed by atoms with Crippen molar-refractivity contribution in [1.82, 2.24) is 0 Å². The monoisotopic (exact) mass is 244 g/mol. The molecule has 5 heteroatoms. The topological polar surface area (TPSA) is 83.8 Å². The van der Waals surface area contributed by atoms with Crippen molar-refractivity contribution in [1.29, 1.82) is 0 Å². The maximum Gasteiger partial charge on any atom is 0.373 e. The summed E-state index contributed by atoms with van der Waals surface area (Å²) < 4.78 is 4.53. The largest absolute Gasteiger partial charge is 0.502 e. The third-order valence-electron chi connectivity index (χ3n) is 2.27. The normalized spacial score (nSPS) is 15.4. The third kappa shape index (κ3) is 6.06. The molecule has 0 unspecified atom stereocenters. The van der Waals surface area contributed by atoms with E-state index >= 15 is 0 Å².